The van der Waals surface area contributed by atoms with Crippen molar-refractivity contribution in [1.82, 2.24) is 9.97 Å². The van der Waals surface area contributed by atoms with E-state index in [4.69, 9.17) is 0 Å². The zero-order chi connectivity index (χ0) is 18.5. The Balaban J connectivity index is 1.93. The maximum absolute atomic E-state index is 12.2. The molecule has 0 saturated heterocycles. The maximum atomic E-state index is 12.2. The molecule has 128 valence electrons. The number of hydrogen-bond donors (Lipinski definition) is 3. The van der Waals surface area contributed by atoms with Gasteiger partial charge in [-0.1, -0.05) is 30.3 Å². The molecule has 0 fully saturated rings. The van der Waals surface area contributed by atoms with Crippen LogP contribution >= 0.6 is 22.6 Å². The minimum atomic E-state index is -0.550. The number of nitriles is 1. The Bertz CT molecular complexity index is 1070. The lowest BCUT2D eigenvalue weighted by Crippen LogP contribution is -2.16. The van der Waals surface area contributed by atoms with Crippen molar-refractivity contribution in [1.29, 1.82) is 5.26 Å². The largest absolute Gasteiger partial charge is 0.508 e. The summed E-state index contributed by atoms with van der Waals surface area (Å²) in [6.45, 7) is 0. The number of aromatic amines is 1. The number of phenolic OH excluding ortho intramolecular Hbond substituents is 1. The molecule has 0 saturated carbocycles. The third kappa shape index (κ3) is 3.89. The molecular weight excluding hydrogens is 445 g/mol. The molecule has 1 heterocycles. The van der Waals surface area contributed by atoms with Gasteiger partial charge in [-0.3, -0.25) is 9.78 Å². The maximum Gasteiger partial charge on any atom is 0.270 e. The van der Waals surface area contributed by atoms with Crippen LogP contribution in [0, 0.1) is 14.9 Å². The van der Waals surface area contributed by atoms with Gasteiger partial charge in [0.15, 0.2) is 0 Å². The number of H-pyrrole nitrogens is 1. The van der Waals surface area contributed by atoms with E-state index in [-0.39, 0.29) is 23.0 Å². The van der Waals surface area contributed by atoms with E-state index in [0.29, 0.717) is 11.1 Å². The van der Waals surface area contributed by atoms with Crippen LogP contribution in [0.15, 0.2) is 58.4 Å². The Morgan fingerprint density at radius 3 is 2.77 bits per heavy atom. The number of hydrazone groups is 1. The summed E-state index contributed by atoms with van der Waals surface area (Å²) in [5, 5.41) is 22.8. The molecule has 0 aliphatic carbocycles. The molecule has 1 aromatic heterocycles. The van der Waals surface area contributed by atoms with E-state index >= 15 is 0 Å². The van der Waals surface area contributed by atoms with Gasteiger partial charge in [0, 0.05) is 14.7 Å². The van der Waals surface area contributed by atoms with E-state index in [2.05, 4.69) is 43.1 Å². The Morgan fingerprint density at radius 2 is 2.04 bits per heavy atom. The predicted octanol–water partition coefficient (Wildman–Crippen LogP) is 3.06. The van der Waals surface area contributed by atoms with Crippen LogP contribution in [0.2, 0.25) is 0 Å². The molecule has 0 bridgehead atoms. The van der Waals surface area contributed by atoms with Gasteiger partial charge in [0.1, 0.15) is 17.4 Å². The van der Waals surface area contributed by atoms with Gasteiger partial charge in [-0.25, -0.2) is 10.4 Å². The normalized spacial score (nSPS) is 10.6. The van der Waals surface area contributed by atoms with Crippen molar-refractivity contribution in [3.63, 3.8) is 0 Å². The standard InChI is InChI=1S/C18H12IN5O2/c19-15-7-6-13(25)8-12(15)10-21-24-18-22-16(11-4-2-1-3-5-11)14(9-20)17(26)23-18/h1-8,10,25H,(H2,22,23,24,26). The van der Waals surface area contributed by atoms with Crippen molar-refractivity contribution < 1.29 is 5.11 Å². The quantitative estimate of drug-likeness (QED) is 0.317. The van der Waals surface area contributed by atoms with Crippen LogP contribution in [0.4, 0.5) is 5.95 Å². The van der Waals surface area contributed by atoms with Crippen LogP contribution < -0.4 is 11.0 Å². The third-order valence-electron chi connectivity index (χ3n) is 3.43. The summed E-state index contributed by atoms with van der Waals surface area (Å²) in [6, 6.07) is 15.8. The predicted molar refractivity (Wildman–Crippen MR) is 107 cm³/mol. The van der Waals surface area contributed by atoms with Gasteiger partial charge >= 0.3 is 0 Å². The van der Waals surface area contributed by atoms with Crippen molar-refractivity contribution >= 4 is 34.8 Å². The highest BCUT2D eigenvalue weighted by Crippen LogP contribution is 2.20. The lowest BCUT2D eigenvalue weighted by molar-refractivity contribution is 0.475. The second-order valence-electron chi connectivity index (χ2n) is 5.19. The minimum Gasteiger partial charge on any atom is -0.508 e. The Kier molecular flexibility index (Phi) is 5.28. The summed E-state index contributed by atoms with van der Waals surface area (Å²) in [7, 11) is 0. The fraction of sp³-hybridized carbons (Fsp3) is 0. The third-order valence-corrected chi connectivity index (χ3v) is 4.41. The molecule has 0 radical (unpaired) electrons. The number of hydrogen-bond acceptors (Lipinski definition) is 6. The lowest BCUT2D eigenvalue weighted by Gasteiger charge is -2.06. The Morgan fingerprint density at radius 1 is 1.27 bits per heavy atom. The van der Waals surface area contributed by atoms with Crippen LogP contribution in [-0.2, 0) is 0 Å². The number of aromatic nitrogens is 2. The fourth-order valence-corrected chi connectivity index (χ4v) is 2.70. The van der Waals surface area contributed by atoms with Crippen LogP contribution in [0.25, 0.3) is 11.3 Å². The van der Waals surface area contributed by atoms with Gasteiger partial charge in [-0.15, -0.1) is 0 Å². The van der Waals surface area contributed by atoms with Crippen molar-refractivity contribution in [3.8, 4) is 23.1 Å². The number of phenols is 1. The first-order chi connectivity index (χ1) is 12.6. The zero-order valence-corrected chi connectivity index (χ0v) is 15.4. The van der Waals surface area contributed by atoms with E-state index < -0.39 is 5.56 Å². The SMILES string of the molecule is N#Cc1c(-c2ccccc2)nc(NN=Cc2cc(O)ccc2I)[nH]c1=O. The summed E-state index contributed by atoms with van der Waals surface area (Å²) >= 11 is 2.12. The van der Waals surface area contributed by atoms with Gasteiger partial charge in [0.25, 0.3) is 5.56 Å². The highest BCUT2D eigenvalue weighted by atomic mass is 127. The first kappa shape index (κ1) is 17.6. The van der Waals surface area contributed by atoms with Crippen LogP contribution in [-0.4, -0.2) is 21.3 Å². The number of rotatable bonds is 4. The highest BCUT2D eigenvalue weighted by molar-refractivity contribution is 14.1. The molecule has 3 rings (SSSR count). The molecule has 3 N–H and O–H groups in total. The van der Waals surface area contributed by atoms with Crippen molar-refractivity contribution in [3.05, 3.63) is 73.6 Å². The second kappa shape index (κ2) is 7.79. The van der Waals surface area contributed by atoms with E-state index in [0.717, 1.165) is 3.57 Å². The number of aromatic hydroxyl groups is 1. The highest BCUT2D eigenvalue weighted by Gasteiger charge is 2.12. The second-order valence-corrected chi connectivity index (χ2v) is 6.35. The average Bonchev–Trinajstić information content (AvgIpc) is 2.65. The molecular formula is C18H12IN5O2. The number of nitrogens with zero attached hydrogens (tertiary/aromatic N) is 3. The van der Waals surface area contributed by atoms with Gasteiger partial charge in [-0.05, 0) is 40.8 Å². The number of halogens is 1. The van der Waals surface area contributed by atoms with Crippen LogP contribution in [0.1, 0.15) is 11.1 Å². The van der Waals surface area contributed by atoms with Gasteiger partial charge in [0.05, 0.1) is 11.9 Å². The van der Waals surface area contributed by atoms with Gasteiger partial charge in [-0.2, -0.15) is 10.4 Å². The summed E-state index contributed by atoms with van der Waals surface area (Å²) < 4.78 is 0.900. The fourth-order valence-electron chi connectivity index (χ4n) is 2.23. The van der Waals surface area contributed by atoms with Crippen molar-refractivity contribution in [2.45, 2.75) is 0 Å². The number of benzene rings is 2. The van der Waals surface area contributed by atoms with E-state index in [1.54, 1.807) is 42.5 Å². The van der Waals surface area contributed by atoms with E-state index in [1.807, 2.05) is 12.1 Å². The molecule has 3 aromatic rings. The topological polar surface area (TPSA) is 114 Å². The molecule has 2 aromatic carbocycles. The van der Waals surface area contributed by atoms with Crippen LogP contribution in [0.3, 0.4) is 0 Å². The number of nitrogens with one attached hydrogen (secondary N) is 2. The molecule has 0 unspecified atom stereocenters. The Labute approximate surface area is 162 Å². The van der Waals surface area contributed by atoms with Gasteiger partial charge in [0.2, 0.25) is 5.95 Å². The minimum absolute atomic E-state index is 0.0618. The van der Waals surface area contributed by atoms with Crippen molar-refractivity contribution in [2.75, 3.05) is 5.43 Å². The number of anilines is 1. The molecule has 0 spiro atoms. The zero-order valence-electron chi connectivity index (χ0n) is 13.3. The molecule has 8 heteroatoms. The molecule has 0 amide bonds. The molecule has 7 nitrogen and oxygen atoms in total. The smallest absolute Gasteiger partial charge is 0.270 e. The van der Waals surface area contributed by atoms with Crippen LogP contribution in [0.5, 0.6) is 5.75 Å². The van der Waals surface area contributed by atoms with Crippen molar-refractivity contribution in [2.24, 2.45) is 5.10 Å². The first-order valence-electron chi connectivity index (χ1n) is 7.46. The first-order valence-corrected chi connectivity index (χ1v) is 8.54. The molecule has 0 atom stereocenters. The summed E-state index contributed by atoms with van der Waals surface area (Å²) in [6.07, 6.45) is 1.50. The lowest BCUT2D eigenvalue weighted by atomic mass is 10.1. The summed E-state index contributed by atoms with van der Waals surface area (Å²) in [5.74, 6) is 0.238. The average molecular weight is 457 g/mol. The molecule has 0 aliphatic rings. The Hall–Kier alpha value is -3.19. The van der Waals surface area contributed by atoms with E-state index in [1.165, 1.54) is 6.21 Å². The summed E-state index contributed by atoms with van der Waals surface area (Å²) in [5.41, 5.74) is 3.68. The molecule has 0 aliphatic heterocycles. The van der Waals surface area contributed by atoms with Gasteiger partial charge < -0.3 is 5.11 Å². The molecule has 26 heavy (non-hydrogen) atoms. The monoisotopic (exact) mass is 457 g/mol. The summed E-state index contributed by atoms with van der Waals surface area (Å²) in [4.78, 5) is 18.9. The van der Waals surface area contributed by atoms with E-state index in [9.17, 15) is 15.2 Å².